The second-order valence-electron chi connectivity index (χ2n) is 14.2. The van der Waals surface area contributed by atoms with Gasteiger partial charge in [0, 0.05) is 32.6 Å². The first-order chi connectivity index (χ1) is 26.8. The smallest absolute Gasteiger partial charge is 0.165 e. The molecule has 12 rings (SSSR count). The number of rotatable bonds is 4. The highest BCUT2D eigenvalue weighted by molar-refractivity contribution is 6.22. The van der Waals surface area contributed by atoms with Crippen molar-refractivity contribution in [1.29, 1.82) is 0 Å². The van der Waals surface area contributed by atoms with Gasteiger partial charge in [-0.1, -0.05) is 133 Å². The van der Waals surface area contributed by atoms with Crippen LogP contribution in [0.1, 0.15) is 0 Å². The molecule has 0 atom stereocenters. The summed E-state index contributed by atoms with van der Waals surface area (Å²) in [5, 5.41) is 6.07. The van der Waals surface area contributed by atoms with Crippen LogP contribution < -0.4 is 0 Å². The van der Waals surface area contributed by atoms with Crippen molar-refractivity contribution in [3.8, 4) is 39.1 Å². The zero-order valence-corrected chi connectivity index (χ0v) is 29.1. The Labute approximate surface area is 310 Å². The Bertz CT molecular complexity index is 3320. The largest absolute Gasteiger partial charge is 0.309 e. The molecule has 0 aliphatic carbocycles. The van der Waals surface area contributed by atoms with Crippen molar-refractivity contribution in [2.75, 3.05) is 0 Å². The summed E-state index contributed by atoms with van der Waals surface area (Å²) in [6.45, 7) is 0. The predicted molar refractivity (Wildman–Crippen MR) is 225 cm³/mol. The lowest BCUT2D eigenvalue weighted by Crippen LogP contribution is -1.94. The van der Waals surface area contributed by atoms with E-state index in [-0.39, 0.29) is 0 Å². The fourth-order valence-corrected chi connectivity index (χ4v) is 8.71. The van der Waals surface area contributed by atoms with Crippen LogP contribution in [-0.2, 0) is 0 Å². The first-order valence-electron chi connectivity index (χ1n) is 18.4. The van der Waals surface area contributed by atoms with E-state index in [4.69, 9.17) is 9.97 Å². The number of benzene rings is 8. The second-order valence-corrected chi connectivity index (χ2v) is 14.2. The molecule has 0 spiro atoms. The van der Waals surface area contributed by atoms with Gasteiger partial charge in [-0.2, -0.15) is 0 Å². The van der Waals surface area contributed by atoms with Crippen molar-refractivity contribution in [3.63, 3.8) is 0 Å². The fraction of sp³-hybridized carbons (Fsp3) is 0. The molecule has 8 aromatic carbocycles. The Balaban J connectivity index is 1.02. The Morgan fingerprint density at radius 1 is 0.333 bits per heavy atom. The maximum atomic E-state index is 5.12. The highest BCUT2D eigenvalue weighted by Crippen LogP contribution is 2.41. The summed E-state index contributed by atoms with van der Waals surface area (Å²) in [7, 11) is 0. The van der Waals surface area contributed by atoms with E-state index in [1.807, 2.05) is 24.3 Å². The van der Waals surface area contributed by atoms with Crippen LogP contribution in [0, 0.1) is 0 Å². The number of hydrogen-bond donors (Lipinski definition) is 0. The molecule has 250 valence electrons. The van der Waals surface area contributed by atoms with E-state index in [1.165, 1.54) is 71.5 Å². The minimum absolute atomic E-state index is 0.907. The van der Waals surface area contributed by atoms with Crippen molar-refractivity contribution in [2.45, 2.75) is 0 Å². The van der Waals surface area contributed by atoms with E-state index < -0.39 is 0 Å². The molecular formula is C50H30N4. The molecular weight excluding hydrogens is 657 g/mol. The van der Waals surface area contributed by atoms with Gasteiger partial charge < -0.3 is 4.57 Å². The molecule has 0 bridgehead atoms. The van der Waals surface area contributed by atoms with Crippen LogP contribution in [0.25, 0.3) is 110 Å². The maximum Gasteiger partial charge on any atom is 0.165 e. The maximum absolute atomic E-state index is 5.12. The van der Waals surface area contributed by atoms with Gasteiger partial charge in [0.15, 0.2) is 5.65 Å². The van der Waals surface area contributed by atoms with Gasteiger partial charge in [0.2, 0.25) is 0 Å². The molecule has 12 aromatic rings. The molecule has 0 fully saturated rings. The standard InChI is InChI=1S/C50H30N4/c1-3-10-31(11-4-1)35-20-25-38-39-26-21-36(32-12-5-2-6-13-32)30-47(39)53(46(38)29-35)37-23-18-33(19-24-37)34-22-27-45-42(28-34)40-14-9-15-41-48-50(54(45)49(40)41)52-44-17-8-7-16-43(44)51-48/h1-30H. The summed E-state index contributed by atoms with van der Waals surface area (Å²) < 4.78 is 4.73. The van der Waals surface area contributed by atoms with Crippen LogP contribution in [0.5, 0.6) is 0 Å². The lowest BCUT2D eigenvalue weighted by atomic mass is 10.0. The van der Waals surface area contributed by atoms with E-state index in [1.54, 1.807) is 0 Å². The van der Waals surface area contributed by atoms with E-state index in [0.29, 0.717) is 0 Å². The normalized spacial score (nSPS) is 12.1. The number of aromatic nitrogens is 4. The zero-order valence-electron chi connectivity index (χ0n) is 29.1. The molecule has 54 heavy (non-hydrogen) atoms. The van der Waals surface area contributed by atoms with Gasteiger partial charge in [-0.25, -0.2) is 9.97 Å². The van der Waals surface area contributed by atoms with Crippen molar-refractivity contribution in [3.05, 3.63) is 182 Å². The van der Waals surface area contributed by atoms with Gasteiger partial charge in [0.1, 0.15) is 5.52 Å². The van der Waals surface area contributed by atoms with E-state index in [0.717, 1.165) is 38.8 Å². The van der Waals surface area contributed by atoms with Crippen LogP contribution in [0.3, 0.4) is 0 Å². The second kappa shape index (κ2) is 11.1. The highest BCUT2D eigenvalue weighted by Gasteiger charge is 2.20. The number of nitrogens with zero attached hydrogens (tertiary/aromatic N) is 4. The monoisotopic (exact) mass is 686 g/mol. The minimum Gasteiger partial charge on any atom is -0.309 e. The average molecular weight is 687 g/mol. The molecule has 4 heterocycles. The summed E-state index contributed by atoms with van der Waals surface area (Å²) in [4.78, 5) is 10.2. The van der Waals surface area contributed by atoms with Crippen LogP contribution >= 0.6 is 0 Å². The third-order valence-corrected chi connectivity index (χ3v) is 11.2. The predicted octanol–water partition coefficient (Wildman–Crippen LogP) is 12.9. The summed E-state index contributed by atoms with van der Waals surface area (Å²) >= 11 is 0. The minimum atomic E-state index is 0.907. The van der Waals surface area contributed by atoms with Crippen LogP contribution in [0.15, 0.2) is 182 Å². The zero-order chi connectivity index (χ0) is 35.3. The molecule has 4 heteroatoms. The molecule has 0 aliphatic heterocycles. The summed E-state index contributed by atoms with van der Waals surface area (Å²) in [6, 6.07) is 65.6. The van der Waals surface area contributed by atoms with Crippen molar-refractivity contribution in [1.82, 2.24) is 18.9 Å². The topological polar surface area (TPSA) is 35.1 Å². The molecule has 0 aliphatic rings. The molecule has 4 aromatic heterocycles. The molecule has 0 unspecified atom stereocenters. The molecule has 0 radical (unpaired) electrons. The van der Waals surface area contributed by atoms with Crippen LogP contribution in [0.2, 0.25) is 0 Å². The van der Waals surface area contributed by atoms with Crippen LogP contribution in [-0.4, -0.2) is 18.9 Å². The molecule has 0 N–H and O–H groups in total. The van der Waals surface area contributed by atoms with Crippen molar-refractivity contribution >= 4 is 71.2 Å². The lowest BCUT2D eigenvalue weighted by molar-refractivity contribution is 1.18. The van der Waals surface area contributed by atoms with Gasteiger partial charge in [0.25, 0.3) is 0 Å². The average Bonchev–Trinajstić information content (AvgIpc) is 3.87. The quantitative estimate of drug-likeness (QED) is 0.185. The van der Waals surface area contributed by atoms with Gasteiger partial charge in [-0.05, 0) is 81.9 Å². The summed E-state index contributed by atoms with van der Waals surface area (Å²) in [5.74, 6) is 0. The van der Waals surface area contributed by atoms with Gasteiger partial charge in [0.05, 0.1) is 33.1 Å². The third kappa shape index (κ3) is 4.19. The van der Waals surface area contributed by atoms with E-state index in [9.17, 15) is 0 Å². The van der Waals surface area contributed by atoms with Gasteiger partial charge >= 0.3 is 0 Å². The summed E-state index contributed by atoms with van der Waals surface area (Å²) in [6.07, 6.45) is 0. The lowest BCUT2D eigenvalue weighted by Gasteiger charge is -2.11. The Morgan fingerprint density at radius 2 is 0.870 bits per heavy atom. The number of para-hydroxylation sites is 3. The fourth-order valence-electron chi connectivity index (χ4n) is 8.71. The molecule has 0 saturated carbocycles. The Hall–Kier alpha value is -7.30. The van der Waals surface area contributed by atoms with E-state index in [2.05, 4.69) is 167 Å². The SMILES string of the molecule is c1ccc(-c2ccc3c4ccc(-c5ccccc5)cc4n(-c4ccc(-c5ccc6c(c5)c5cccc7c8nc9ccccc9nc8n6c57)cc4)c3c2)cc1. The third-order valence-electron chi connectivity index (χ3n) is 11.2. The van der Waals surface area contributed by atoms with Crippen LogP contribution in [0.4, 0.5) is 0 Å². The molecule has 0 amide bonds. The number of hydrogen-bond acceptors (Lipinski definition) is 2. The van der Waals surface area contributed by atoms with Crippen molar-refractivity contribution < 1.29 is 0 Å². The first kappa shape index (κ1) is 29.3. The van der Waals surface area contributed by atoms with Gasteiger partial charge in [-0.3, -0.25) is 4.40 Å². The van der Waals surface area contributed by atoms with E-state index >= 15 is 0 Å². The highest BCUT2D eigenvalue weighted by atomic mass is 15.0. The number of fused-ring (bicyclic) bond motifs is 10. The summed E-state index contributed by atoms with van der Waals surface area (Å²) in [5.41, 5.74) is 16.7. The van der Waals surface area contributed by atoms with Crippen molar-refractivity contribution in [2.24, 2.45) is 0 Å². The molecule has 0 saturated heterocycles. The molecule has 4 nitrogen and oxygen atoms in total. The van der Waals surface area contributed by atoms with Gasteiger partial charge in [-0.15, -0.1) is 0 Å². The first-order valence-corrected chi connectivity index (χ1v) is 18.4. The Morgan fingerprint density at radius 3 is 1.54 bits per heavy atom. The Kier molecular flexibility index (Phi) is 6.02.